The van der Waals surface area contributed by atoms with Gasteiger partial charge in [-0.2, -0.15) is 0 Å². The summed E-state index contributed by atoms with van der Waals surface area (Å²) >= 11 is 0. The Bertz CT molecular complexity index is 463. The molecular weight excluding hydrogens is 265 g/mol. The molecule has 1 aromatic rings. The van der Waals surface area contributed by atoms with Gasteiger partial charge in [0.05, 0.1) is 0 Å². The molecule has 118 valence electrons. The average Bonchev–Trinajstić information content (AvgIpc) is 2.83. The lowest BCUT2D eigenvalue weighted by Gasteiger charge is -2.28. The summed E-state index contributed by atoms with van der Waals surface area (Å²) in [5.41, 5.74) is 1.80. The molecule has 0 saturated carbocycles. The number of rotatable bonds is 6. The van der Waals surface area contributed by atoms with Gasteiger partial charge >= 0.3 is 0 Å². The lowest BCUT2D eigenvalue weighted by molar-refractivity contribution is 0.395. The van der Waals surface area contributed by atoms with Gasteiger partial charge in [0.25, 0.3) is 0 Å². The molecule has 1 saturated heterocycles. The molecule has 1 fully saturated rings. The Morgan fingerprint density at radius 1 is 1.48 bits per heavy atom. The Morgan fingerprint density at radius 2 is 2.24 bits per heavy atom. The van der Waals surface area contributed by atoms with Crippen LogP contribution in [0, 0.1) is 11.7 Å². The van der Waals surface area contributed by atoms with E-state index in [0.29, 0.717) is 5.92 Å². The van der Waals surface area contributed by atoms with Crippen molar-refractivity contribution in [1.82, 2.24) is 10.2 Å². The van der Waals surface area contributed by atoms with E-state index in [1.807, 2.05) is 19.1 Å². The minimum Gasteiger partial charge on any atom is -0.374 e. The molecule has 1 N–H and O–H groups in total. The van der Waals surface area contributed by atoms with E-state index in [4.69, 9.17) is 0 Å². The van der Waals surface area contributed by atoms with Gasteiger partial charge in [0.1, 0.15) is 5.82 Å². The van der Waals surface area contributed by atoms with Crippen LogP contribution in [0.2, 0.25) is 0 Å². The maximum Gasteiger partial charge on any atom is 0.130 e. The van der Waals surface area contributed by atoms with E-state index in [1.165, 1.54) is 13.0 Å². The Kier molecular flexibility index (Phi) is 5.59. The highest BCUT2D eigenvalue weighted by atomic mass is 19.1. The van der Waals surface area contributed by atoms with Crippen LogP contribution in [-0.4, -0.2) is 45.2 Å². The van der Waals surface area contributed by atoms with Gasteiger partial charge in [-0.25, -0.2) is 4.39 Å². The fourth-order valence-electron chi connectivity index (χ4n) is 3.36. The van der Waals surface area contributed by atoms with E-state index in [-0.39, 0.29) is 11.9 Å². The summed E-state index contributed by atoms with van der Waals surface area (Å²) in [5.74, 6) is 0.557. The monoisotopic (exact) mass is 293 g/mol. The standard InChI is InChI=1S/C17H28FN3/c1-5-19-13(2)17-15(18)7-6-8-16(17)21(4)12-14-9-10-20(3)11-14/h6-8,13-14,19H,5,9-12H2,1-4H3. The second-order valence-corrected chi connectivity index (χ2v) is 6.25. The summed E-state index contributed by atoms with van der Waals surface area (Å²) in [6, 6.07) is 5.43. The molecular formula is C17H28FN3. The third kappa shape index (κ3) is 3.95. The van der Waals surface area contributed by atoms with Gasteiger partial charge < -0.3 is 15.1 Å². The van der Waals surface area contributed by atoms with Crippen LogP contribution in [0.1, 0.15) is 31.9 Å². The third-order valence-electron chi connectivity index (χ3n) is 4.41. The van der Waals surface area contributed by atoms with Gasteiger partial charge in [0.15, 0.2) is 0 Å². The number of anilines is 1. The van der Waals surface area contributed by atoms with Crippen molar-refractivity contribution < 1.29 is 4.39 Å². The van der Waals surface area contributed by atoms with Crippen LogP contribution in [0.15, 0.2) is 18.2 Å². The minimum atomic E-state index is -0.115. The van der Waals surface area contributed by atoms with Gasteiger partial charge in [-0.3, -0.25) is 0 Å². The maximum atomic E-state index is 14.3. The smallest absolute Gasteiger partial charge is 0.130 e. The first-order valence-corrected chi connectivity index (χ1v) is 7.94. The third-order valence-corrected chi connectivity index (χ3v) is 4.41. The minimum absolute atomic E-state index is 0.0277. The summed E-state index contributed by atoms with van der Waals surface area (Å²) in [6.07, 6.45) is 1.23. The van der Waals surface area contributed by atoms with Crippen molar-refractivity contribution in [2.75, 3.05) is 45.2 Å². The second-order valence-electron chi connectivity index (χ2n) is 6.25. The summed E-state index contributed by atoms with van der Waals surface area (Å²) < 4.78 is 14.3. The predicted octanol–water partition coefficient (Wildman–Crippen LogP) is 2.88. The Hall–Kier alpha value is -1.13. The Labute approximate surface area is 128 Å². The van der Waals surface area contributed by atoms with E-state index in [0.717, 1.165) is 30.9 Å². The van der Waals surface area contributed by atoms with Crippen LogP contribution in [0.25, 0.3) is 0 Å². The fraction of sp³-hybridized carbons (Fsp3) is 0.647. The van der Waals surface area contributed by atoms with Crippen LogP contribution >= 0.6 is 0 Å². The lowest BCUT2D eigenvalue weighted by Crippen LogP contribution is -2.29. The largest absolute Gasteiger partial charge is 0.374 e. The summed E-state index contributed by atoms with van der Waals surface area (Å²) in [5, 5.41) is 3.32. The average molecular weight is 293 g/mol. The second kappa shape index (κ2) is 7.23. The number of benzene rings is 1. The highest BCUT2D eigenvalue weighted by Gasteiger charge is 2.23. The van der Waals surface area contributed by atoms with Crippen molar-refractivity contribution in [2.24, 2.45) is 5.92 Å². The zero-order chi connectivity index (χ0) is 15.4. The summed E-state index contributed by atoms with van der Waals surface area (Å²) in [7, 11) is 4.25. The van der Waals surface area contributed by atoms with Crippen molar-refractivity contribution in [1.29, 1.82) is 0 Å². The molecule has 0 spiro atoms. The van der Waals surface area contributed by atoms with Crippen molar-refractivity contribution in [3.63, 3.8) is 0 Å². The van der Waals surface area contributed by atoms with E-state index in [9.17, 15) is 4.39 Å². The first kappa shape index (κ1) is 16.2. The number of hydrogen-bond acceptors (Lipinski definition) is 3. The van der Waals surface area contributed by atoms with Crippen molar-refractivity contribution in [3.8, 4) is 0 Å². The highest BCUT2D eigenvalue weighted by Crippen LogP contribution is 2.29. The van der Waals surface area contributed by atoms with E-state index in [2.05, 4.69) is 36.1 Å². The summed E-state index contributed by atoms with van der Waals surface area (Å²) in [6.45, 7) is 8.21. The first-order chi connectivity index (χ1) is 10.0. The molecule has 4 heteroatoms. The molecule has 1 aromatic carbocycles. The highest BCUT2D eigenvalue weighted by molar-refractivity contribution is 5.55. The maximum absolute atomic E-state index is 14.3. The molecule has 21 heavy (non-hydrogen) atoms. The van der Waals surface area contributed by atoms with Crippen LogP contribution in [-0.2, 0) is 0 Å². The van der Waals surface area contributed by atoms with Crippen molar-refractivity contribution >= 4 is 5.69 Å². The number of nitrogens with one attached hydrogen (secondary N) is 1. The van der Waals surface area contributed by atoms with E-state index >= 15 is 0 Å². The Balaban J connectivity index is 2.16. The van der Waals surface area contributed by atoms with Gasteiger partial charge in [-0.15, -0.1) is 0 Å². The van der Waals surface area contributed by atoms with E-state index in [1.54, 1.807) is 6.07 Å². The van der Waals surface area contributed by atoms with Gasteiger partial charge in [0.2, 0.25) is 0 Å². The number of hydrogen-bond donors (Lipinski definition) is 1. The van der Waals surface area contributed by atoms with Gasteiger partial charge in [-0.05, 0) is 51.5 Å². The zero-order valence-corrected chi connectivity index (χ0v) is 13.7. The van der Waals surface area contributed by atoms with Crippen molar-refractivity contribution in [2.45, 2.75) is 26.3 Å². The topological polar surface area (TPSA) is 18.5 Å². The molecule has 1 aliphatic rings. The summed E-state index contributed by atoms with van der Waals surface area (Å²) in [4.78, 5) is 4.59. The van der Waals surface area contributed by atoms with Crippen LogP contribution in [0.4, 0.5) is 10.1 Å². The molecule has 0 amide bonds. The SMILES string of the molecule is CCNC(C)c1c(F)cccc1N(C)CC1CCN(C)C1. The first-order valence-electron chi connectivity index (χ1n) is 7.94. The van der Waals surface area contributed by atoms with Crippen LogP contribution < -0.4 is 10.2 Å². The Morgan fingerprint density at radius 3 is 2.86 bits per heavy atom. The lowest BCUT2D eigenvalue weighted by atomic mass is 10.0. The molecule has 2 atom stereocenters. The molecule has 0 radical (unpaired) electrons. The molecule has 2 unspecified atom stereocenters. The molecule has 1 heterocycles. The van der Waals surface area contributed by atoms with Crippen LogP contribution in [0.3, 0.4) is 0 Å². The zero-order valence-electron chi connectivity index (χ0n) is 13.7. The fourth-order valence-corrected chi connectivity index (χ4v) is 3.36. The molecule has 0 aliphatic carbocycles. The number of halogens is 1. The molecule has 2 rings (SSSR count). The van der Waals surface area contributed by atoms with Gasteiger partial charge in [0, 0.05) is 37.4 Å². The van der Waals surface area contributed by atoms with Crippen LogP contribution in [0.5, 0.6) is 0 Å². The van der Waals surface area contributed by atoms with E-state index < -0.39 is 0 Å². The number of nitrogens with zero attached hydrogens (tertiary/aromatic N) is 2. The van der Waals surface area contributed by atoms with Gasteiger partial charge in [-0.1, -0.05) is 13.0 Å². The van der Waals surface area contributed by atoms with Crippen molar-refractivity contribution in [3.05, 3.63) is 29.6 Å². The molecule has 1 aliphatic heterocycles. The quantitative estimate of drug-likeness (QED) is 0.870. The number of likely N-dealkylation sites (tertiary alicyclic amines) is 1. The molecule has 3 nitrogen and oxygen atoms in total. The molecule has 0 aromatic heterocycles. The normalized spacial score (nSPS) is 20.7. The predicted molar refractivity (Wildman–Crippen MR) is 87.4 cm³/mol. The molecule has 0 bridgehead atoms.